The first kappa shape index (κ1) is 11.5. The topological polar surface area (TPSA) is 12.0 Å². The molecule has 1 nitrogen and oxygen atoms in total. The smallest absolute Gasteiger partial charge is 0.0438 e. The third-order valence-electron chi connectivity index (χ3n) is 2.81. The molecule has 0 aliphatic carbocycles. The molecular formula is C12H18ClN. The van der Waals surface area contributed by atoms with Crippen molar-refractivity contribution in [1.82, 2.24) is 5.32 Å². The molecule has 2 unspecified atom stereocenters. The van der Waals surface area contributed by atoms with Crippen molar-refractivity contribution in [1.29, 1.82) is 0 Å². The molecule has 0 saturated carbocycles. The van der Waals surface area contributed by atoms with Gasteiger partial charge in [-0.1, -0.05) is 36.7 Å². The Morgan fingerprint density at radius 3 is 2.50 bits per heavy atom. The van der Waals surface area contributed by atoms with E-state index in [4.69, 9.17) is 11.6 Å². The van der Waals surface area contributed by atoms with E-state index >= 15 is 0 Å². The number of rotatable bonds is 4. The Bertz CT molecular complexity index is 285. The Balaban J connectivity index is 2.64. The highest BCUT2D eigenvalue weighted by Crippen LogP contribution is 2.19. The molecule has 0 aliphatic rings. The van der Waals surface area contributed by atoms with Crippen LogP contribution in [0, 0.1) is 5.92 Å². The molecule has 78 valence electrons. The second kappa shape index (κ2) is 5.38. The van der Waals surface area contributed by atoms with Gasteiger partial charge in [0.1, 0.15) is 0 Å². The van der Waals surface area contributed by atoms with Gasteiger partial charge in [-0.2, -0.15) is 0 Å². The molecule has 0 heterocycles. The van der Waals surface area contributed by atoms with Crippen molar-refractivity contribution in [3.05, 3.63) is 34.9 Å². The zero-order chi connectivity index (χ0) is 10.6. The van der Waals surface area contributed by atoms with E-state index < -0.39 is 0 Å². The number of benzene rings is 1. The summed E-state index contributed by atoms with van der Waals surface area (Å²) in [4.78, 5) is 0. The van der Waals surface area contributed by atoms with Gasteiger partial charge in [-0.05, 0) is 37.9 Å². The number of halogens is 1. The number of hydrogen-bond acceptors (Lipinski definition) is 1. The lowest BCUT2D eigenvalue weighted by Gasteiger charge is -2.19. The number of nitrogens with one attached hydrogen (secondary N) is 1. The normalized spacial score (nSPS) is 15.1. The highest BCUT2D eigenvalue weighted by Gasteiger charge is 2.11. The van der Waals surface area contributed by atoms with Gasteiger partial charge in [-0.25, -0.2) is 0 Å². The van der Waals surface area contributed by atoms with E-state index in [9.17, 15) is 0 Å². The van der Waals surface area contributed by atoms with E-state index in [1.54, 1.807) is 0 Å². The van der Waals surface area contributed by atoms with Gasteiger partial charge < -0.3 is 5.32 Å². The molecule has 0 radical (unpaired) electrons. The summed E-state index contributed by atoms with van der Waals surface area (Å²) >= 11 is 6.10. The first-order chi connectivity index (χ1) is 6.65. The van der Waals surface area contributed by atoms with Crippen molar-refractivity contribution in [2.24, 2.45) is 5.92 Å². The first-order valence-corrected chi connectivity index (χ1v) is 5.43. The summed E-state index contributed by atoms with van der Waals surface area (Å²) in [6.45, 7) is 4.44. The minimum atomic E-state index is 0.520. The fraction of sp³-hybridized carbons (Fsp3) is 0.500. The molecule has 2 atom stereocenters. The van der Waals surface area contributed by atoms with E-state index in [1.165, 1.54) is 5.56 Å². The molecule has 0 bridgehead atoms. The van der Waals surface area contributed by atoms with E-state index in [0.717, 1.165) is 11.4 Å². The van der Waals surface area contributed by atoms with Crippen molar-refractivity contribution in [3.63, 3.8) is 0 Å². The molecule has 0 aromatic heterocycles. The minimum Gasteiger partial charge on any atom is -0.317 e. The van der Waals surface area contributed by atoms with Gasteiger partial charge in [0.2, 0.25) is 0 Å². The lowest BCUT2D eigenvalue weighted by atomic mass is 9.95. The molecule has 1 aromatic rings. The van der Waals surface area contributed by atoms with Gasteiger partial charge in [0.25, 0.3) is 0 Å². The Labute approximate surface area is 91.5 Å². The predicted octanol–water partition coefficient (Wildman–Crippen LogP) is 3.13. The molecule has 1 rings (SSSR count). The van der Waals surface area contributed by atoms with Crippen LogP contribution in [-0.4, -0.2) is 13.1 Å². The van der Waals surface area contributed by atoms with Crippen LogP contribution in [-0.2, 0) is 6.42 Å². The van der Waals surface area contributed by atoms with Gasteiger partial charge >= 0.3 is 0 Å². The third kappa shape index (κ3) is 3.00. The zero-order valence-corrected chi connectivity index (χ0v) is 9.81. The Morgan fingerprint density at radius 2 is 1.93 bits per heavy atom. The van der Waals surface area contributed by atoms with Crippen LogP contribution in [0.25, 0.3) is 0 Å². The number of hydrogen-bond donors (Lipinski definition) is 1. The molecule has 0 fully saturated rings. The Morgan fingerprint density at radius 1 is 1.29 bits per heavy atom. The SMILES string of the molecule is CNC(C)C(C)Cc1ccccc1Cl. The van der Waals surface area contributed by atoms with Crippen LogP contribution >= 0.6 is 11.6 Å². The summed E-state index contributed by atoms with van der Waals surface area (Å²) < 4.78 is 0. The highest BCUT2D eigenvalue weighted by molar-refractivity contribution is 6.31. The van der Waals surface area contributed by atoms with E-state index in [-0.39, 0.29) is 0 Å². The van der Waals surface area contributed by atoms with Crippen LogP contribution in [0.15, 0.2) is 24.3 Å². The Kier molecular flexibility index (Phi) is 4.43. The van der Waals surface area contributed by atoms with E-state index in [2.05, 4.69) is 25.2 Å². The van der Waals surface area contributed by atoms with Gasteiger partial charge in [0.15, 0.2) is 0 Å². The van der Waals surface area contributed by atoms with Gasteiger partial charge in [0, 0.05) is 11.1 Å². The predicted molar refractivity (Wildman–Crippen MR) is 62.8 cm³/mol. The third-order valence-corrected chi connectivity index (χ3v) is 3.18. The van der Waals surface area contributed by atoms with E-state index in [1.807, 2.05) is 25.2 Å². The Hall–Kier alpha value is -0.530. The van der Waals surface area contributed by atoms with Crippen LogP contribution in [0.5, 0.6) is 0 Å². The maximum atomic E-state index is 6.10. The maximum absolute atomic E-state index is 6.10. The summed E-state index contributed by atoms with van der Waals surface area (Å²) in [5, 5.41) is 4.14. The molecule has 0 saturated heterocycles. The van der Waals surface area contributed by atoms with Crippen molar-refractivity contribution in [3.8, 4) is 0 Å². The van der Waals surface area contributed by atoms with Crippen LogP contribution in [0.3, 0.4) is 0 Å². The van der Waals surface area contributed by atoms with Gasteiger partial charge in [0.05, 0.1) is 0 Å². The lowest BCUT2D eigenvalue weighted by Crippen LogP contribution is -2.29. The summed E-state index contributed by atoms with van der Waals surface area (Å²) in [7, 11) is 1.99. The summed E-state index contributed by atoms with van der Waals surface area (Å²) in [5.41, 5.74) is 1.24. The van der Waals surface area contributed by atoms with Crippen LogP contribution in [0.1, 0.15) is 19.4 Å². The highest BCUT2D eigenvalue weighted by atomic mass is 35.5. The molecule has 0 spiro atoms. The molecule has 1 aromatic carbocycles. The second-order valence-electron chi connectivity index (χ2n) is 3.85. The van der Waals surface area contributed by atoms with Crippen molar-refractivity contribution in [2.75, 3.05) is 7.05 Å². The van der Waals surface area contributed by atoms with Crippen molar-refractivity contribution < 1.29 is 0 Å². The largest absolute Gasteiger partial charge is 0.317 e. The van der Waals surface area contributed by atoms with Crippen molar-refractivity contribution >= 4 is 11.6 Å². The standard InChI is InChI=1S/C12H18ClN/c1-9(10(2)14-3)8-11-6-4-5-7-12(11)13/h4-7,9-10,14H,8H2,1-3H3. The monoisotopic (exact) mass is 211 g/mol. The van der Waals surface area contributed by atoms with Gasteiger partial charge in [-0.15, -0.1) is 0 Å². The average Bonchev–Trinajstić information content (AvgIpc) is 2.20. The van der Waals surface area contributed by atoms with Crippen LogP contribution in [0.4, 0.5) is 0 Å². The quantitative estimate of drug-likeness (QED) is 0.807. The average molecular weight is 212 g/mol. The molecule has 2 heteroatoms. The van der Waals surface area contributed by atoms with Crippen LogP contribution in [0.2, 0.25) is 5.02 Å². The second-order valence-corrected chi connectivity index (χ2v) is 4.26. The molecule has 0 aliphatic heterocycles. The summed E-state index contributed by atoms with van der Waals surface area (Å²) in [6, 6.07) is 8.58. The van der Waals surface area contributed by atoms with Crippen LogP contribution < -0.4 is 5.32 Å². The minimum absolute atomic E-state index is 0.520. The fourth-order valence-electron chi connectivity index (χ4n) is 1.47. The first-order valence-electron chi connectivity index (χ1n) is 5.05. The molecule has 14 heavy (non-hydrogen) atoms. The lowest BCUT2D eigenvalue weighted by molar-refractivity contribution is 0.424. The maximum Gasteiger partial charge on any atom is 0.0438 e. The van der Waals surface area contributed by atoms with Crippen molar-refractivity contribution in [2.45, 2.75) is 26.3 Å². The zero-order valence-electron chi connectivity index (χ0n) is 9.05. The van der Waals surface area contributed by atoms with Gasteiger partial charge in [-0.3, -0.25) is 0 Å². The molecular weight excluding hydrogens is 194 g/mol. The molecule has 1 N–H and O–H groups in total. The van der Waals surface area contributed by atoms with E-state index in [0.29, 0.717) is 12.0 Å². The molecule has 0 amide bonds. The summed E-state index contributed by atoms with van der Waals surface area (Å²) in [6.07, 6.45) is 1.03. The fourth-order valence-corrected chi connectivity index (χ4v) is 1.68. The summed E-state index contributed by atoms with van der Waals surface area (Å²) in [5.74, 6) is 0.597.